The van der Waals surface area contributed by atoms with Crippen LogP contribution in [0.5, 0.6) is 46.5 Å². The van der Waals surface area contributed by atoms with Crippen molar-refractivity contribution in [1.29, 1.82) is 5.26 Å². The lowest BCUT2D eigenvalue weighted by Gasteiger charge is -2.16. The van der Waals surface area contributed by atoms with Gasteiger partial charge < -0.3 is 18.9 Å². The van der Waals surface area contributed by atoms with E-state index in [4.69, 9.17) is 45.5 Å². The lowest BCUT2D eigenvalue weighted by Crippen LogP contribution is -2.02. The van der Waals surface area contributed by atoms with Gasteiger partial charge in [-0.2, -0.15) is 5.26 Å². The van der Waals surface area contributed by atoms with Gasteiger partial charge in [0.25, 0.3) is 23.5 Å². The molecule has 2 heterocycles. The van der Waals surface area contributed by atoms with Crippen LogP contribution < -0.4 is 18.9 Å². The Kier molecular flexibility index (Phi) is 7.70. The van der Waals surface area contributed by atoms with Crippen LogP contribution in [0.2, 0.25) is 0 Å². The molecule has 0 aliphatic rings. The minimum Gasteiger partial charge on any atom is -0.435 e. The van der Waals surface area contributed by atoms with Crippen molar-refractivity contribution in [2.45, 2.75) is 0 Å². The molecule has 2 aromatic heterocycles. The maximum atomic E-state index is 10.00. The van der Waals surface area contributed by atoms with Crippen molar-refractivity contribution in [2.24, 2.45) is 0 Å². The Labute approximate surface area is 285 Å². The van der Waals surface area contributed by atoms with Crippen LogP contribution in [0.15, 0.2) is 133 Å². The fourth-order valence-corrected chi connectivity index (χ4v) is 5.34. The summed E-state index contributed by atoms with van der Waals surface area (Å²) < 4.78 is 25.0. The molecule has 10 nitrogen and oxygen atoms in total. The Balaban J connectivity index is 1.46. The van der Waals surface area contributed by atoms with Gasteiger partial charge in [0, 0.05) is 10.8 Å². The van der Waals surface area contributed by atoms with Gasteiger partial charge in [-0.05, 0) is 60.7 Å². The van der Waals surface area contributed by atoms with Gasteiger partial charge >= 0.3 is 0 Å². The lowest BCUT2D eigenvalue weighted by atomic mass is 10.0. The van der Waals surface area contributed by atoms with Crippen LogP contribution in [0, 0.1) is 17.9 Å². The van der Waals surface area contributed by atoms with Gasteiger partial charge in [-0.3, -0.25) is 0 Å². The van der Waals surface area contributed by atoms with E-state index in [2.05, 4.69) is 10.9 Å². The Hall–Kier alpha value is -7.56. The summed E-state index contributed by atoms with van der Waals surface area (Å²) in [5.41, 5.74) is 1.62. The van der Waals surface area contributed by atoms with Crippen molar-refractivity contribution in [3.63, 3.8) is 0 Å². The average molecular weight is 651 g/mol. The summed E-state index contributed by atoms with van der Waals surface area (Å²) in [7, 11) is 0. The molecule has 0 aliphatic carbocycles. The summed E-state index contributed by atoms with van der Waals surface area (Å²) in [6.45, 7) is 7.81. The predicted molar refractivity (Wildman–Crippen MR) is 187 cm³/mol. The second kappa shape index (κ2) is 12.9. The number of fused-ring (bicyclic) bond motifs is 6. The van der Waals surface area contributed by atoms with Gasteiger partial charge in [-0.15, -0.1) is 0 Å². The number of nitrogens with zero attached hydrogens (tertiary/aromatic N) is 6. The standard InChI is InChI=1S/C40H22N6O4/c1-42-32-23-31-30(22-25(32)24-41)33-35(45-39(49-28-18-10-4-11-19-28)37(43-33)47-26-14-6-2-7-15-26)36-34(31)44-38(48-27-16-8-3-9-17-27)40(46-36)50-29-20-12-5-13-21-29/h2-23H. The summed E-state index contributed by atoms with van der Waals surface area (Å²) >= 11 is 0. The molecule has 10 heteroatoms. The van der Waals surface area contributed by atoms with Crippen LogP contribution in [0.25, 0.3) is 37.7 Å². The van der Waals surface area contributed by atoms with E-state index in [0.29, 0.717) is 55.8 Å². The molecule has 0 saturated heterocycles. The molecule has 50 heavy (non-hydrogen) atoms. The maximum Gasteiger partial charge on any atom is 0.284 e. The van der Waals surface area contributed by atoms with E-state index in [1.54, 1.807) is 60.7 Å². The fraction of sp³-hybridized carbons (Fsp3) is 0. The zero-order chi connectivity index (χ0) is 33.9. The van der Waals surface area contributed by atoms with Crippen LogP contribution in [-0.4, -0.2) is 19.9 Å². The second-order valence-corrected chi connectivity index (χ2v) is 10.9. The van der Waals surface area contributed by atoms with Gasteiger partial charge in [-0.25, -0.2) is 24.8 Å². The Morgan fingerprint density at radius 1 is 0.460 bits per heavy atom. The van der Waals surface area contributed by atoms with Gasteiger partial charge in [0.1, 0.15) is 45.1 Å². The first-order valence-corrected chi connectivity index (χ1v) is 15.4. The topological polar surface area (TPSA) is 117 Å². The summed E-state index contributed by atoms with van der Waals surface area (Å²) in [6, 6.07) is 41.9. The average Bonchev–Trinajstić information content (AvgIpc) is 3.17. The van der Waals surface area contributed by atoms with E-state index in [1.807, 2.05) is 72.8 Å². The number of hydrogen-bond acceptors (Lipinski definition) is 9. The van der Waals surface area contributed by atoms with E-state index in [1.165, 1.54) is 0 Å². The number of hydrogen-bond donors (Lipinski definition) is 0. The summed E-state index contributed by atoms with van der Waals surface area (Å²) in [4.78, 5) is 23.4. The van der Waals surface area contributed by atoms with E-state index < -0.39 is 0 Å². The van der Waals surface area contributed by atoms with Crippen LogP contribution in [0.4, 0.5) is 5.69 Å². The molecule has 0 spiro atoms. The minimum absolute atomic E-state index is 0.0726. The van der Waals surface area contributed by atoms with Crippen LogP contribution in [-0.2, 0) is 0 Å². The van der Waals surface area contributed by atoms with E-state index in [9.17, 15) is 5.26 Å². The molecule has 0 bridgehead atoms. The third-order valence-corrected chi connectivity index (χ3v) is 7.61. The highest BCUT2D eigenvalue weighted by atomic mass is 16.5. The third-order valence-electron chi connectivity index (χ3n) is 7.61. The normalized spacial score (nSPS) is 10.8. The molecule has 236 valence electrons. The zero-order valence-electron chi connectivity index (χ0n) is 26.0. The molecule has 6 aromatic carbocycles. The van der Waals surface area contributed by atoms with Crippen molar-refractivity contribution < 1.29 is 18.9 Å². The molecule has 0 atom stereocenters. The first kappa shape index (κ1) is 29.8. The highest BCUT2D eigenvalue weighted by molar-refractivity contribution is 6.22. The molecule has 0 fully saturated rings. The lowest BCUT2D eigenvalue weighted by molar-refractivity contribution is 0.394. The number of rotatable bonds is 8. The highest BCUT2D eigenvalue weighted by Crippen LogP contribution is 2.43. The number of benzene rings is 6. The zero-order valence-corrected chi connectivity index (χ0v) is 26.0. The van der Waals surface area contributed by atoms with E-state index in [-0.39, 0.29) is 34.8 Å². The van der Waals surface area contributed by atoms with Gasteiger partial charge in [0.15, 0.2) is 0 Å². The Morgan fingerprint density at radius 3 is 1.10 bits per heavy atom. The molecule has 0 unspecified atom stereocenters. The number of aromatic nitrogens is 4. The second-order valence-electron chi connectivity index (χ2n) is 10.9. The Bertz CT molecular complexity index is 2430. The van der Waals surface area contributed by atoms with Crippen molar-refractivity contribution in [2.75, 3.05) is 0 Å². The quantitative estimate of drug-likeness (QED) is 0.117. The molecule has 0 amide bonds. The van der Waals surface area contributed by atoms with Crippen LogP contribution >= 0.6 is 0 Å². The molecule has 0 N–H and O–H groups in total. The molecule has 8 rings (SSSR count). The smallest absolute Gasteiger partial charge is 0.284 e. The van der Waals surface area contributed by atoms with Crippen molar-refractivity contribution in [3.05, 3.63) is 150 Å². The number of para-hydroxylation sites is 4. The summed E-state index contributed by atoms with van der Waals surface area (Å²) in [5.74, 6) is 2.36. The van der Waals surface area contributed by atoms with Gasteiger partial charge in [0.05, 0.1) is 18.2 Å². The van der Waals surface area contributed by atoms with Gasteiger partial charge in [-0.1, -0.05) is 72.8 Å². The van der Waals surface area contributed by atoms with Crippen LogP contribution in [0.1, 0.15) is 5.56 Å². The van der Waals surface area contributed by atoms with Crippen LogP contribution in [0.3, 0.4) is 0 Å². The SMILES string of the molecule is [C-]#[N+]c1cc2c(cc1C#N)c1nc(Oc3ccccc3)c(Oc3ccccc3)nc1c1nc(Oc3ccccc3)c(Oc3ccccc3)nc21. The predicted octanol–water partition coefficient (Wildman–Crippen LogP) is 10.3. The third kappa shape index (κ3) is 5.77. The number of ether oxygens (including phenoxy) is 4. The molecular formula is C40H22N6O4. The molecule has 0 radical (unpaired) electrons. The molecule has 0 saturated carbocycles. The molecular weight excluding hydrogens is 628 g/mol. The maximum absolute atomic E-state index is 10.00. The largest absolute Gasteiger partial charge is 0.435 e. The first-order valence-electron chi connectivity index (χ1n) is 15.4. The number of nitriles is 1. The molecule has 0 aliphatic heterocycles. The molecule has 8 aromatic rings. The monoisotopic (exact) mass is 650 g/mol. The minimum atomic E-state index is 0.0726. The van der Waals surface area contributed by atoms with Crippen molar-refractivity contribution in [3.8, 4) is 52.6 Å². The van der Waals surface area contributed by atoms with Crippen molar-refractivity contribution >= 4 is 38.5 Å². The summed E-state index contributed by atoms with van der Waals surface area (Å²) in [5, 5.41) is 11.0. The summed E-state index contributed by atoms with van der Waals surface area (Å²) in [6.07, 6.45) is 0. The van der Waals surface area contributed by atoms with Crippen molar-refractivity contribution in [1.82, 2.24) is 19.9 Å². The first-order chi connectivity index (χ1) is 24.7. The van der Waals surface area contributed by atoms with E-state index >= 15 is 0 Å². The van der Waals surface area contributed by atoms with E-state index in [0.717, 1.165) is 0 Å². The highest BCUT2D eigenvalue weighted by Gasteiger charge is 2.24. The van der Waals surface area contributed by atoms with Gasteiger partial charge in [0.2, 0.25) is 5.69 Å². The Morgan fingerprint density at radius 2 is 0.780 bits per heavy atom. The fourth-order valence-electron chi connectivity index (χ4n) is 5.34.